The molecule has 7 heteroatoms. The molecule has 0 aliphatic carbocycles. The van der Waals surface area contributed by atoms with Gasteiger partial charge in [-0.3, -0.25) is 9.59 Å². The van der Waals surface area contributed by atoms with Crippen LogP contribution in [0.25, 0.3) is 0 Å². The minimum atomic E-state index is -0.304. The lowest BCUT2D eigenvalue weighted by Crippen LogP contribution is -2.12. The first kappa shape index (κ1) is 23.4. The lowest BCUT2D eigenvalue weighted by Gasteiger charge is -2.10. The van der Waals surface area contributed by atoms with Crippen molar-refractivity contribution >= 4 is 59.5 Å². The molecule has 1 heterocycles. The topological polar surface area (TPSA) is 59.2 Å². The molecule has 4 nitrogen and oxygen atoms in total. The normalized spacial score (nSPS) is 10.9. The van der Waals surface area contributed by atoms with E-state index in [1.807, 2.05) is 13.0 Å². The molecule has 0 bridgehead atoms. The number of halogens is 3. The molecule has 0 fully saturated rings. The molecule has 0 amide bonds. The largest absolute Gasteiger partial charge is 0.426 e. The van der Waals surface area contributed by atoms with E-state index in [1.165, 1.54) is 19.3 Å². The Bertz CT molecular complexity index is 846. The molecular weight excluding hydrogens is 554 g/mol. The molecule has 2 aromatic rings. The minimum Gasteiger partial charge on any atom is -0.426 e. The lowest BCUT2D eigenvalue weighted by atomic mass is 10.0. The van der Waals surface area contributed by atoms with Crippen LogP contribution in [-0.2, 0) is 4.79 Å². The highest BCUT2D eigenvalue weighted by molar-refractivity contribution is 9.14. The number of ether oxygens (including phenoxy) is 1. The number of esters is 1. The number of benzene rings is 1. The van der Waals surface area contributed by atoms with E-state index in [2.05, 4.69) is 59.7 Å². The van der Waals surface area contributed by atoms with E-state index >= 15 is 0 Å². The number of rotatable bonds is 10. The summed E-state index contributed by atoms with van der Waals surface area (Å²) < 4.78 is 7.55. The fraction of sp³-hybridized carbons (Fsp3) is 0.429. The molecule has 28 heavy (non-hydrogen) atoms. The number of aromatic nitrogens is 1. The van der Waals surface area contributed by atoms with Gasteiger partial charge in [-0.15, -0.1) is 0 Å². The fourth-order valence-electron chi connectivity index (χ4n) is 2.85. The minimum absolute atomic E-state index is 0.246. The van der Waals surface area contributed by atoms with Crippen LogP contribution in [0.4, 0.5) is 0 Å². The Labute approximate surface area is 191 Å². The molecule has 1 aromatic heterocycles. The van der Waals surface area contributed by atoms with Crippen LogP contribution in [0, 0.1) is 6.92 Å². The number of unbranched alkanes of at least 4 members (excludes halogenated alkanes) is 5. The zero-order valence-electron chi connectivity index (χ0n) is 16.0. The van der Waals surface area contributed by atoms with E-state index in [-0.39, 0.29) is 11.8 Å². The number of hydrogen-bond acceptors (Lipinski definition) is 3. The Morgan fingerprint density at radius 1 is 1.00 bits per heavy atom. The van der Waals surface area contributed by atoms with Gasteiger partial charge < -0.3 is 9.72 Å². The van der Waals surface area contributed by atoms with Crippen LogP contribution < -0.4 is 4.74 Å². The number of hydrogen-bond donors (Lipinski definition) is 1. The van der Waals surface area contributed by atoms with Crippen LogP contribution in [0.5, 0.6) is 5.75 Å². The van der Waals surface area contributed by atoms with Crippen LogP contribution in [0.15, 0.2) is 31.7 Å². The van der Waals surface area contributed by atoms with Crippen LogP contribution in [0.1, 0.15) is 73.5 Å². The Morgan fingerprint density at radius 3 is 2.32 bits per heavy atom. The second-order valence-corrected chi connectivity index (χ2v) is 9.14. The van der Waals surface area contributed by atoms with E-state index in [9.17, 15) is 9.59 Å². The van der Waals surface area contributed by atoms with Gasteiger partial charge in [0.25, 0.3) is 0 Å². The van der Waals surface area contributed by atoms with Crippen molar-refractivity contribution in [3.05, 3.63) is 48.6 Å². The third kappa shape index (κ3) is 6.29. The quantitative estimate of drug-likeness (QED) is 0.138. The van der Waals surface area contributed by atoms with Gasteiger partial charge in [-0.1, -0.05) is 50.7 Å². The summed E-state index contributed by atoms with van der Waals surface area (Å²) in [4.78, 5) is 28.3. The van der Waals surface area contributed by atoms with E-state index in [0.717, 1.165) is 29.3 Å². The predicted octanol–water partition coefficient (Wildman–Crippen LogP) is 7.50. The number of carbonyl (C=O) groups is 2. The van der Waals surface area contributed by atoms with Crippen molar-refractivity contribution in [3.63, 3.8) is 0 Å². The van der Waals surface area contributed by atoms with Crippen molar-refractivity contribution in [2.45, 2.75) is 58.8 Å². The van der Waals surface area contributed by atoms with Gasteiger partial charge in [0.1, 0.15) is 11.4 Å². The molecule has 152 valence electrons. The number of ketones is 1. The Hall–Kier alpha value is -0.920. The van der Waals surface area contributed by atoms with Gasteiger partial charge in [0.15, 0.2) is 0 Å². The molecule has 0 atom stereocenters. The lowest BCUT2D eigenvalue weighted by molar-refractivity contribution is -0.134. The molecule has 0 radical (unpaired) electrons. The highest BCUT2D eigenvalue weighted by atomic mass is 79.9. The maximum atomic E-state index is 13.1. The van der Waals surface area contributed by atoms with Crippen molar-refractivity contribution in [2.75, 3.05) is 0 Å². The van der Waals surface area contributed by atoms with Gasteiger partial charge in [0.05, 0.1) is 19.1 Å². The van der Waals surface area contributed by atoms with Gasteiger partial charge in [-0.2, -0.15) is 0 Å². The van der Waals surface area contributed by atoms with Crippen molar-refractivity contribution in [2.24, 2.45) is 0 Å². The molecule has 0 spiro atoms. The van der Waals surface area contributed by atoms with Gasteiger partial charge in [-0.05, 0) is 73.3 Å². The molecular formula is C21H24Br3NO3. The maximum Gasteiger partial charge on any atom is 0.311 e. The second-order valence-electron chi connectivity index (χ2n) is 6.76. The third-order valence-corrected chi connectivity index (χ3v) is 7.65. The molecule has 0 saturated carbocycles. The van der Waals surface area contributed by atoms with Crippen molar-refractivity contribution < 1.29 is 14.3 Å². The van der Waals surface area contributed by atoms with E-state index < -0.39 is 0 Å². The Balaban J connectivity index is 2.08. The maximum absolute atomic E-state index is 13.1. The molecule has 1 N–H and O–H groups in total. The van der Waals surface area contributed by atoms with Crippen LogP contribution in [-0.4, -0.2) is 16.7 Å². The molecule has 0 unspecified atom stereocenters. The van der Waals surface area contributed by atoms with Gasteiger partial charge in [-0.25, -0.2) is 0 Å². The van der Waals surface area contributed by atoms with E-state index in [0.29, 0.717) is 32.5 Å². The summed E-state index contributed by atoms with van der Waals surface area (Å²) in [5.74, 6) is -0.258. The van der Waals surface area contributed by atoms with Crippen LogP contribution in [0.2, 0.25) is 0 Å². The fourth-order valence-corrected chi connectivity index (χ4v) is 4.29. The zero-order chi connectivity index (χ0) is 20.7. The molecule has 0 aliphatic rings. The molecule has 1 aromatic carbocycles. The van der Waals surface area contributed by atoms with Crippen molar-refractivity contribution in [3.8, 4) is 5.75 Å². The standard InChI is InChI=1S/C21H24Br3NO3/c1-3-4-5-6-7-8-9-16(26)28-15-11-10-13(2)12-14(15)20(27)19-17(22)18(23)21(24)25-19/h10-12,25H,3-9H2,1-2H3. The van der Waals surface area contributed by atoms with Gasteiger partial charge >= 0.3 is 5.97 Å². The highest BCUT2D eigenvalue weighted by Crippen LogP contribution is 2.36. The van der Waals surface area contributed by atoms with Crippen LogP contribution >= 0.6 is 47.8 Å². The summed E-state index contributed by atoms with van der Waals surface area (Å²) >= 11 is 10.2. The Kier molecular flexibility index (Phi) is 9.44. The third-order valence-electron chi connectivity index (χ3n) is 4.40. The summed E-state index contributed by atoms with van der Waals surface area (Å²) in [6, 6.07) is 5.26. The summed E-state index contributed by atoms with van der Waals surface area (Å²) in [7, 11) is 0. The zero-order valence-corrected chi connectivity index (χ0v) is 20.8. The van der Waals surface area contributed by atoms with Crippen molar-refractivity contribution in [1.29, 1.82) is 0 Å². The first-order valence-corrected chi connectivity index (χ1v) is 11.8. The molecule has 0 aliphatic heterocycles. The molecule has 0 saturated heterocycles. The van der Waals surface area contributed by atoms with Crippen LogP contribution in [0.3, 0.4) is 0 Å². The highest BCUT2D eigenvalue weighted by Gasteiger charge is 2.23. The van der Waals surface area contributed by atoms with Gasteiger partial charge in [0.2, 0.25) is 5.78 Å². The summed E-state index contributed by atoms with van der Waals surface area (Å²) in [5, 5.41) is 0. The monoisotopic (exact) mass is 575 g/mol. The van der Waals surface area contributed by atoms with Crippen molar-refractivity contribution in [1.82, 2.24) is 4.98 Å². The first-order chi connectivity index (χ1) is 13.3. The number of carbonyl (C=O) groups excluding carboxylic acids is 2. The first-order valence-electron chi connectivity index (χ1n) is 9.43. The average molecular weight is 578 g/mol. The smallest absolute Gasteiger partial charge is 0.311 e. The Morgan fingerprint density at radius 2 is 1.68 bits per heavy atom. The van der Waals surface area contributed by atoms with E-state index in [4.69, 9.17) is 4.74 Å². The number of H-pyrrole nitrogens is 1. The number of aryl methyl sites for hydroxylation is 1. The number of nitrogens with one attached hydrogen (secondary N) is 1. The van der Waals surface area contributed by atoms with Gasteiger partial charge in [0, 0.05) is 6.42 Å². The summed E-state index contributed by atoms with van der Waals surface area (Å²) in [6.45, 7) is 4.08. The second kappa shape index (κ2) is 11.3. The predicted molar refractivity (Wildman–Crippen MR) is 122 cm³/mol. The molecule has 2 rings (SSSR count). The summed E-state index contributed by atoms with van der Waals surface area (Å²) in [5.41, 5.74) is 1.66. The number of aromatic amines is 1. The SMILES string of the molecule is CCCCCCCCC(=O)Oc1ccc(C)cc1C(=O)c1[nH]c(Br)c(Br)c1Br. The van der Waals surface area contributed by atoms with E-state index in [1.54, 1.807) is 12.1 Å². The summed E-state index contributed by atoms with van der Waals surface area (Å²) in [6.07, 6.45) is 6.97. The average Bonchev–Trinajstić information content (AvgIpc) is 2.92.